The normalized spacial score (nSPS) is 13.9. The zero-order valence-corrected chi connectivity index (χ0v) is 13.1. The van der Waals surface area contributed by atoms with Gasteiger partial charge >= 0.3 is 0 Å². The number of carbonyl (C=O) groups is 3. The lowest BCUT2D eigenvalue weighted by Crippen LogP contribution is -2.43. The van der Waals surface area contributed by atoms with E-state index in [0.717, 1.165) is 12.0 Å². The largest absolute Gasteiger partial charge is 0.346 e. The summed E-state index contributed by atoms with van der Waals surface area (Å²) < 4.78 is 0. The molecule has 2 unspecified atom stereocenters. The second-order valence-corrected chi connectivity index (χ2v) is 6.17. The van der Waals surface area contributed by atoms with E-state index in [1.807, 2.05) is 20.1 Å². The van der Waals surface area contributed by atoms with Crippen LogP contribution in [-0.4, -0.2) is 36.0 Å². The number of nitrogens with one attached hydrogen (secondary N) is 1. The molecule has 0 aromatic rings. The molecule has 1 amide bonds. The van der Waals surface area contributed by atoms with Gasteiger partial charge in [-0.2, -0.15) is 11.8 Å². The number of hydrogen-bond donors (Lipinski definition) is 1. The third-order valence-electron chi connectivity index (χ3n) is 2.94. The summed E-state index contributed by atoms with van der Waals surface area (Å²) in [5.74, 6) is 0.642. The van der Waals surface area contributed by atoms with Crippen LogP contribution in [-0.2, 0) is 14.4 Å². The van der Waals surface area contributed by atoms with Gasteiger partial charge in [-0.05, 0) is 37.7 Å². The van der Waals surface area contributed by atoms with Gasteiger partial charge in [0.25, 0.3) is 0 Å². The molecule has 2 atom stereocenters. The first-order chi connectivity index (χ1) is 8.92. The molecule has 110 valence electrons. The summed E-state index contributed by atoms with van der Waals surface area (Å²) in [7, 11) is 0. The molecule has 0 aliphatic rings. The van der Waals surface area contributed by atoms with Crippen LogP contribution < -0.4 is 5.32 Å². The molecule has 0 aliphatic carbocycles. The second-order valence-electron chi connectivity index (χ2n) is 5.18. The zero-order valence-electron chi connectivity index (χ0n) is 12.3. The molecule has 0 saturated carbocycles. The number of amides is 1. The number of Topliss-reactive ketones (excluding diaryl/α,β-unsaturated/α-hetero) is 1. The van der Waals surface area contributed by atoms with E-state index >= 15 is 0 Å². The first-order valence-corrected chi connectivity index (χ1v) is 8.05. The summed E-state index contributed by atoms with van der Waals surface area (Å²) in [6.45, 7) is 5.52. The minimum atomic E-state index is -0.434. The lowest BCUT2D eigenvalue weighted by atomic mass is 9.98. The van der Waals surface area contributed by atoms with E-state index in [0.29, 0.717) is 18.8 Å². The van der Waals surface area contributed by atoms with Gasteiger partial charge < -0.3 is 10.1 Å². The van der Waals surface area contributed by atoms with E-state index in [2.05, 4.69) is 5.32 Å². The molecule has 0 fully saturated rings. The third kappa shape index (κ3) is 8.03. The minimum Gasteiger partial charge on any atom is -0.346 e. The Morgan fingerprint density at radius 2 is 1.95 bits per heavy atom. The van der Waals surface area contributed by atoms with Crippen molar-refractivity contribution in [2.45, 2.75) is 46.1 Å². The Labute approximate surface area is 120 Å². The van der Waals surface area contributed by atoms with Crippen molar-refractivity contribution in [3.8, 4) is 0 Å². The van der Waals surface area contributed by atoms with Crippen molar-refractivity contribution >= 4 is 29.7 Å². The number of aldehydes is 1. The van der Waals surface area contributed by atoms with Crippen molar-refractivity contribution in [1.82, 2.24) is 5.32 Å². The van der Waals surface area contributed by atoms with E-state index in [4.69, 9.17) is 0 Å². The van der Waals surface area contributed by atoms with Crippen LogP contribution in [0.25, 0.3) is 0 Å². The minimum absolute atomic E-state index is 0.0308. The summed E-state index contributed by atoms with van der Waals surface area (Å²) in [4.78, 5) is 34.3. The van der Waals surface area contributed by atoms with Crippen LogP contribution in [0.15, 0.2) is 0 Å². The van der Waals surface area contributed by atoms with Gasteiger partial charge in [-0.1, -0.05) is 13.8 Å². The van der Waals surface area contributed by atoms with Crippen molar-refractivity contribution in [2.75, 3.05) is 12.0 Å². The average molecular weight is 287 g/mol. The summed E-state index contributed by atoms with van der Waals surface area (Å²) in [6.07, 6.45) is 4.26. The van der Waals surface area contributed by atoms with Crippen LogP contribution in [0.4, 0.5) is 0 Å². The fourth-order valence-corrected chi connectivity index (χ4v) is 2.34. The van der Waals surface area contributed by atoms with Crippen LogP contribution in [0.2, 0.25) is 0 Å². The van der Waals surface area contributed by atoms with Crippen molar-refractivity contribution in [3.63, 3.8) is 0 Å². The highest BCUT2D eigenvalue weighted by Crippen LogP contribution is 2.13. The third-order valence-corrected chi connectivity index (χ3v) is 3.58. The summed E-state index contributed by atoms with van der Waals surface area (Å²) in [5.41, 5.74) is 0. The fraction of sp³-hybridized carbons (Fsp3) is 0.786. The lowest BCUT2D eigenvalue weighted by Gasteiger charge is -2.21. The summed E-state index contributed by atoms with van der Waals surface area (Å²) >= 11 is 1.65. The number of carbonyl (C=O) groups excluding carboxylic acids is 3. The Balaban J connectivity index is 4.55. The number of rotatable bonds is 10. The topological polar surface area (TPSA) is 63.2 Å². The van der Waals surface area contributed by atoms with E-state index in [1.165, 1.54) is 6.92 Å². The highest BCUT2D eigenvalue weighted by molar-refractivity contribution is 7.98. The molecule has 5 heteroatoms. The Bertz CT molecular complexity index is 305. The molecule has 0 bridgehead atoms. The standard InChI is InChI=1S/C14H25NO3S/c1-10(2)9-13(11(3)17)15-14(18)12(5-7-16)6-8-19-4/h7,10,12-13H,5-6,8-9H2,1-4H3,(H,15,18). The van der Waals surface area contributed by atoms with Gasteiger partial charge in [0.15, 0.2) is 5.78 Å². The monoisotopic (exact) mass is 287 g/mol. The predicted molar refractivity (Wildman–Crippen MR) is 79.2 cm³/mol. The Morgan fingerprint density at radius 3 is 2.37 bits per heavy atom. The van der Waals surface area contributed by atoms with Gasteiger partial charge in [-0.3, -0.25) is 9.59 Å². The van der Waals surface area contributed by atoms with E-state index in [-0.39, 0.29) is 24.0 Å². The Kier molecular flexibility index (Phi) is 9.57. The molecule has 0 aliphatic heterocycles. The molecular weight excluding hydrogens is 262 g/mol. The number of thioether (sulfide) groups is 1. The molecule has 0 saturated heterocycles. The van der Waals surface area contributed by atoms with Crippen LogP contribution in [0.1, 0.15) is 40.0 Å². The molecule has 0 spiro atoms. The molecule has 19 heavy (non-hydrogen) atoms. The van der Waals surface area contributed by atoms with E-state index < -0.39 is 6.04 Å². The van der Waals surface area contributed by atoms with Crippen LogP contribution in [0.3, 0.4) is 0 Å². The molecule has 0 aromatic carbocycles. The van der Waals surface area contributed by atoms with Crippen molar-refractivity contribution in [1.29, 1.82) is 0 Å². The summed E-state index contributed by atoms with van der Waals surface area (Å²) in [6, 6.07) is -0.434. The zero-order chi connectivity index (χ0) is 14.8. The smallest absolute Gasteiger partial charge is 0.224 e. The first-order valence-electron chi connectivity index (χ1n) is 6.65. The predicted octanol–water partition coefficient (Wildman–Crippen LogP) is 2.06. The van der Waals surface area contributed by atoms with Gasteiger partial charge in [0, 0.05) is 12.3 Å². The maximum absolute atomic E-state index is 12.1. The highest BCUT2D eigenvalue weighted by atomic mass is 32.2. The van der Waals surface area contributed by atoms with Gasteiger partial charge in [0.1, 0.15) is 6.29 Å². The van der Waals surface area contributed by atoms with Gasteiger partial charge in [0.05, 0.1) is 6.04 Å². The number of ketones is 1. The maximum atomic E-state index is 12.1. The van der Waals surface area contributed by atoms with Crippen LogP contribution >= 0.6 is 11.8 Å². The SMILES string of the molecule is CSCCC(CC=O)C(=O)NC(CC(C)C)C(C)=O. The molecule has 4 nitrogen and oxygen atoms in total. The van der Waals surface area contributed by atoms with E-state index in [1.54, 1.807) is 11.8 Å². The first kappa shape index (κ1) is 18.2. The fourth-order valence-electron chi connectivity index (χ4n) is 1.82. The summed E-state index contributed by atoms with van der Waals surface area (Å²) in [5, 5.41) is 2.78. The maximum Gasteiger partial charge on any atom is 0.224 e. The van der Waals surface area contributed by atoms with Crippen LogP contribution in [0, 0.1) is 11.8 Å². The average Bonchev–Trinajstić information content (AvgIpc) is 2.32. The molecule has 0 aromatic heterocycles. The van der Waals surface area contributed by atoms with Gasteiger partial charge in [0.2, 0.25) is 5.91 Å². The van der Waals surface area contributed by atoms with Crippen molar-refractivity contribution in [3.05, 3.63) is 0 Å². The second kappa shape index (κ2) is 10.0. The quantitative estimate of drug-likeness (QED) is 0.625. The molecule has 0 heterocycles. The lowest BCUT2D eigenvalue weighted by molar-refractivity contribution is -0.130. The van der Waals surface area contributed by atoms with Crippen molar-refractivity contribution in [2.24, 2.45) is 11.8 Å². The molecule has 0 radical (unpaired) electrons. The van der Waals surface area contributed by atoms with Crippen molar-refractivity contribution < 1.29 is 14.4 Å². The number of hydrogen-bond acceptors (Lipinski definition) is 4. The Hall–Kier alpha value is -0.840. The molecule has 0 rings (SSSR count). The molecular formula is C14H25NO3S. The van der Waals surface area contributed by atoms with Crippen LogP contribution in [0.5, 0.6) is 0 Å². The van der Waals surface area contributed by atoms with Gasteiger partial charge in [-0.25, -0.2) is 0 Å². The Morgan fingerprint density at radius 1 is 1.32 bits per heavy atom. The molecule has 1 N–H and O–H groups in total. The van der Waals surface area contributed by atoms with E-state index in [9.17, 15) is 14.4 Å². The highest BCUT2D eigenvalue weighted by Gasteiger charge is 2.23. The van der Waals surface area contributed by atoms with Gasteiger partial charge in [-0.15, -0.1) is 0 Å².